The first-order valence-electron chi connectivity index (χ1n) is 7.15. The van der Waals surface area contributed by atoms with E-state index in [0.29, 0.717) is 35.7 Å². The highest BCUT2D eigenvalue weighted by atomic mass is 16.6. The Labute approximate surface area is 124 Å². The van der Waals surface area contributed by atoms with E-state index < -0.39 is 4.92 Å². The van der Waals surface area contributed by atoms with Crippen LogP contribution in [0.4, 0.5) is 11.4 Å². The van der Waals surface area contributed by atoms with Gasteiger partial charge in [-0.1, -0.05) is 13.8 Å². The van der Waals surface area contributed by atoms with Gasteiger partial charge in [0.2, 0.25) is 0 Å². The van der Waals surface area contributed by atoms with Crippen molar-refractivity contribution in [3.8, 4) is 0 Å². The van der Waals surface area contributed by atoms with Crippen molar-refractivity contribution in [2.45, 2.75) is 27.2 Å². The fraction of sp³-hybridized carbons (Fsp3) is 0.533. The summed E-state index contributed by atoms with van der Waals surface area (Å²) in [6.07, 6.45) is 1.11. The number of nitro groups is 1. The maximum absolute atomic E-state index is 11.8. The van der Waals surface area contributed by atoms with Crippen LogP contribution in [-0.4, -0.2) is 23.9 Å². The molecule has 1 aliphatic rings. The fourth-order valence-electron chi connectivity index (χ4n) is 2.40. The van der Waals surface area contributed by atoms with Crippen molar-refractivity contribution in [2.75, 3.05) is 18.4 Å². The second kappa shape index (κ2) is 5.71. The van der Waals surface area contributed by atoms with Gasteiger partial charge < -0.3 is 10.6 Å². The average molecular weight is 291 g/mol. The van der Waals surface area contributed by atoms with Crippen LogP contribution in [0.15, 0.2) is 18.2 Å². The number of amides is 1. The molecule has 0 heterocycles. The van der Waals surface area contributed by atoms with Gasteiger partial charge in [-0.05, 0) is 36.8 Å². The predicted molar refractivity (Wildman–Crippen MR) is 81.5 cm³/mol. The van der Waals surface area contributed by atoms with Crippen LogP contribution in [0.5, 0.6) is 0 Å². The largest absolute Gasteiger partial charge is 0.379 e. The van der Waals surface area contributed by atoms with Crippen LogP contribution in [0.1, 0.15) is 37.6 Å². The minimum Gasteiger partial charge on any atom is -0.379 e. The van der Waals surface area contributed by atoms with E-state index in [2.05, 4.69) is 24.5 Å². The summed E-state index contributed by atoms with van der Waals surface area (Å²) < 4.78 is 0. The summed E-state index contributed by atoms with van der Waals surface area (Å²) in [4.78, 5) is 22.5. The molecule has 2 rings (SSSR count). The Morgan fingerprint density at radius 2 is 2.14 bits per heavy atom. The van der Waals surface area contributed by atoms with E-state index in [1.165, 1.54) is 12.1 Å². The van der Waals surface area contributed by atoms with E-state index in [1.54, 1.807) is 6.07 Å². The zero-order chi connectivity index (χ0) is 15.6. The number of benzene rings is 1. The van der Waals surface area contributed by atoms with Gasteiger partial charge in [-0.25, -0.2) is 0 Å². The molecular weight excluding hydrogens is 270 g/mol. The van der Waals surface area contributed by atoms with Gasteiger partial charge >= 0.3 is 0 Å². The molecule has 1 unspecified atom stereocenters. The number of nitrogens with one attached hydrogen (secondary N) is 2. The summed E-state index contributed by atoms with van der Waals surface area (Å²) >= 11 is 0. The Bertz CT molecular complexity index is 569. The van der Waals surface area contributed by atoms with Gasteiger partial charge in [0.1, 0.15) is 5.69 Å². The summed E-state index contributed by atoms with van der Waals surface area (Å²) in [5, 5.41) is 16.9. The number of hydrogen-bond donors (Lipinski definition) is 2. The molecule has 114 valence electrons. The third-order valence-electron chi connectivity index (χ3n) is 4.05. The second-order valence-corrected chi connectivity index (χ2v) is 6.12. The standard InChI is InChI=1S/C15H21N3O3/c1-4-16-14(19)10-5-6-13(18(20)21)12(7-10)17-9-11-8-15(11,2)3/h5-7,11,17H,4,8-9H2,1-3H3,(H,16,19). The smallest absolute Gasteiger partial charge is 0.292 e. The molecule has 1 saturated carbocycles. The fourth-order valence-corrected chi connectivity index (χ4v) is 2.40. The Hall–Kier alpha value is -2.11. The number of nitrogens with zero attached hydrogens (tertiary/aromatic N) is 1. The number of hydrogen-bond acceptors (Lipinski definition) is 4. The molecule has 0 aliphatic heterocycles. The van der Waals surface area contributed by atoms with E-state index in [9.17, 15) is 14.9 Å². The lowest BCUT2D eigenvalue weighted by Crippen LogP contribution is -2.22. The van der Waals surface area contributed by atoms with Crippen molar-refractivity contribution in [1.82, 2.24) is 5.32 Å². The van der Waals surface area contributed by atoms with E-state index in [0.717, 1.165) is 6.42 Å². The first-order chi connectivity index (χ1) is 9.85. The highest BCUT2D eigenvalue weighted by Crippen LogP contribution is 2.51. The van der Waals surface area contributed by atoms with Gasteiger partial charge in [-0.2, -0.15) is 0 Å². The van der Waals surface area contributed by atoms with Crippen LogP contribution in [-0.2, 0) is 0 Å². The molecule has 0 aromatic heterocycles. The van der Waals surface area contributed by atoms with Crippen molar-refractivity contribution in [3.63, 3.8) is 0 Å². The summed E-state index contributed by atoms with van der Waals surface area (Å²) in [7, 11) is 0. The van der Waals surface area contributed by atoms with Crippen molar-refractivity contribution >= 4 is 17.3 Å². The van der Waals surface area contributed by atoms with Crippen LogP contribution in [0.3, 0.4) is 0 Å². The van der Waals surface area contributed by atoms with Gasteiger partial charge in [0.15, 0.2) is 0 Å². The van der Waals surface area contributed by atoms with Gasteiger partial charge in [0, 0.05) is 24.7 Å². The lowest BCUT2D eigenvalue weighted by atomic mass is 10.1. The quantitative estimate of drug-likeness (QED) is 0.623. The molecule has 6 nitrogen and oxygen atoms in total. The first-order valence-corrected chi connectivity index (χ1v) is 7.15. The Balaban J connectivity index is 2.16. The van der Waals surface area contributed by atoms with Gasteiger partial charge in [0.05, 0.1) is 4.92 Å². The topological polar surface area (TPSA) is 84.3 Å². The third-order valence-corrected chi connectivity index (χ3v) is 4.05. The zero-order valence-electron chi connectivity index (χ0n) is 12.6. The van der Waals surface area contributed by atoms with E-state index in [1.807, 2.05) is 6.92 Å². The number of nitro benzene ring substituents is 1. The molecule has 0 spiro atoms. The monoisotopic (exact) mass is 291 g/mol. The summed E-state index contributed by atoms with van der Waals surface area (Å²) in [5.74, 6) is 0.299. The molecule has 6 heteroatoms. The summed E-state index contributed by atoms with van der Waals surface area (Å²) in [5.41, 5.74) is 1.15. The first kappa shape index (κ1) is 15.3. The Morgan fingerprint density at radius 1 is 1.48 bits per heavy atom. The second-order valence-electron chi connectivity index (χ2n) is 6.12. The molecule has 1 aliphatic carbocycles. The molecule has 1 aromatic carbocycles. The predicted octanol–water partition coefficient (Wildman–Crippen LogP) is 2.80. The summed E-state index contributed by atoms with van der Waals surface area (Å²) in [6.45, 7) is 7.40. The maximum atomic E-state index is 11.8. The van der Waals surface area contributed by atoms with Crippen molar-refractivity contribution in [1.29, 1.82) is 0 Å². The number of carbonyl (C=O) groups is 1. The SMILES string of the molecule is CCNC(=O)c1ccc([N+](=O)[O-])c(NCC2CC2(C)C)c1. The Morgan fingerprint density at radius 3 is 2.67 bits per heavy atom. The van der Waals surface area contributed by atoms with Crippen molar-refractivity contribution < 1.29 is 9.72 Å². The minimum absolute atomic E-state index is 0.00139. The van der Waals surface area contributed by atoms with E-state index >= 15 is 0 Å². The molecule has 1 amide bonds. The van der Waals surface area contributed by atoms with Crippen LogP contribution in [0, 0.1) is 21.4 Å². The van der Waals surface area contributed by atoms with E-state index in [4.69, 9.17) is 0 Å². The normalized spacial score (nSPS) is 18.9. The van der Waals surface area contributed by atoms with Crippen LogP contribution >= 0.6 is 0 Å². The molecule has 0 radical (unpaired) electrons. The van der Waals surface area contributed by atoms with Crippen LogP contribution in [0.25, 0.3) is 0 Å². The number of anilines is 1. The molecule has 21 heavy (non-hydrogen) atoms. The van der Waals surface area contributed by atoms with Gasteiger partial charge in [-0.15, -0.1) is 0 Å². The van der Waals surface area contributed by atoms with Crippen molar-refractivity contribution in [2.24, 2.45) is 11.3 Å². The molecule has 1 atom stereocenters. The molecule has 0 saturated heterocycles. The number of carbonyl (C=O) groups excluding carboxylic acids is 1. The molecule has 1 aromatic rings. The zero-order valence-corrected chi connectivity index (χ0v) is 12.6. The highest BCUT2D eigenvalue weighted by molar-refractivity contribution is 5.95. The summed E-state index contributed by atoms with van der Waals surface area (Å²) in [6, 6.07) is 4.42. The van der Waals surface area contributed by atoms with Gasteiger partial charge in [0.25, 0.3) is 11.6 Å². The van der Waals surface area contributed by atoms with Crippen LogP contribution < -0.4 is 10.6 Å². The van der Waals surface area contributed by atoms with Crippen molar-refractivity contribution in [3.05, 3.63) is 33.9 Å². The molecule has 0 bridgehead atoms. The lowest BCUT2D eigenvalue weighted by Gasteiger charge is -2.10. The minimum atomic E-state index is -0.429. The highest BCUT2D eigenvalue weighted by Gasteiger charge is 2.45. The van der Waals surface area contributed by atoms with Crippen LogP contribution in [0.2, 0.25) is 0 Å². The lowest BCUT2D eigenvalue weighted by molar-refractivity contribution is -0.384. The maximum Gasteiger partial charge on any atom is 0.292 e. The number of rotatable bonds is 6. The third kappa shape index (κ3) is 3.51. The van der Waals surface area contributed by atoms with Gasteiger partial charge in [-0.3, -0.25) is 14.9 Å². The molecule has 1 fully saturated rings. The molecular formula is C15H21N3O3. The van der Waals surface area contributed by atoms with E-state index in [-0.39, 0.29) is 11.6 Å². The average Bonchev–Trinajstić information content (AvgIpc) is 3.03. The Kier molecular flexibility index (Phi) is 4.16. The molecule has 2 N–H and O–H groups in total.